The van der Waals surface area contributed by atoms with Crippen molar-refractivity contribution in [1.29, 1.82) is 0 Å². The zero-order chi connectivity index (χ0) is 7.23. The van der Waals surface area contributed by atoms with E-state index >= 15 is 0 Å². The Morgan fingerprint density at radius 3 is 2.70 bits per heavy atom. The molecule has 0 heterocycles. The van der Waals surface area contributed by atoms with Crippen LogP contribution in [0, 0.1) is 5.92 Å². The van der Waals surface area contributed by atoms with Gasteiger partial charge >= 0.3 is 0 Å². The maximum absolute atomic E-state index is 5.44. The quantitative estimate of drug-likeness (QED) is 0.480. The Labute approximate surface area is 71.3 Å². The van der Waals surface area contributed by atoms with E-state index in [0.29, 0.717) is 0 Å². The third kappa shape index (κ3) is 4.29. The van der Waals surface area contributed by atoms with Crippen LogP contribution >= 0.6 is 15.9 Å². The minimum atomic E-state index is 0.920. The molecule has 10 heavy (non-hydrogen) atoms. The summed E-state index contributed by atoms with van der Waals surface area (Å²) in [6.45, 7) is 1.98. The second-order valence-electron chi connectivity index (χ2n) is 2.91. The summed E-state index contributed by atoms with van der Waals surface area (Å²) in [7, 11) is 0. The molecular weight excluding hydrogens is 192 g/mol. The van der Waals surface area contributed by atoms with Gasteiger partial charge in [0.1, 0.15) is 0 Å². The molecule has 0 aromatic carbocycles. The van der Waals surface area contributed by atoms with Crippen molar-refractivity contribution in [2.75, 3.05) is 18.5 Å². The topological polar surface area (TPSA) is 9.23 Å². The zero-order valence-corrected chi connectivity index (χ0v) is 7.90. The van der Waals surface area contributed by atoms with Crippen LogP contribution in [0.25, 0.3) is 0 Å². The predicted molar refractivity (Wildman–Crippen MR) is 46.6 cm³/mol. The molecule has 1 aliphatic rings. The highest BCUT2D eigenvalue weighted by molar-refractivity contribution is 9.09. The Kier molecular flexibility index (Phi) is 4.39. The second kappa shape index (κ2) is 5.14. The fourth-order valence-corrected chi connectivity index (χ4v) is 1.23. The molecule has 0 bridgehead atoms. The molecule has 0 aromatic rings. The van der Waals surface area contributed by atoms with Gasteiger partial charge in [-0.25, -0.2) is 0 Å². The van der Waals surface area contributed by atoms with Crippen LogP contribution in [0.1, 0.15) is 25.7 Å². The molecule has 1 aliphatic carbocycles. The Bertz CT molecular complexity index is 81.3. The third-order valence-corrected chi connectivity index (χ3v) is 2.28. The normalized spacial score (nSPS) is 17.7. The number of alkyl halides is 1. The summed E-state index contributed by atoms with van der Waals surface area (Å²) in [5, 5.41) is 1.11. The van der Waals surface area contributed by atoms with Crippen LogP contribution in [0.2, 0.25) is 0 Å². The van der Waals surface area contributed by atoms with Gasteiger partial charge in [0, 0.05) is 18.5 Å². The molecular formula is C8H15BrO. The lowest BCUT2D eigenvalue weighted by molar-refractivity contribution is 0.122. The van der Waals surface area contributed by atoms with Gasteiger partial charge < -0.3 is 4.74 Å². The monoisotopic (exact) mass is 206 g/mol. The highest BCUT2D eigenvalue weighted by atomic mass is 79.9. The highest BCUT2D eigenvalue weighted by Crippen LogP contribution is 2.28. The number of ether oxygens (including phenoxy) is 1. The number of unbranched alkanes of at least 4 members (excludes halogenated alkanes) is 1. The van der Waals surface area contributed by atoms with E-state index in [9.17, 15) is 0 Å². The van der Waals surface area contributed by atoms with Gasteiger partial charge in [-0.15, -0.1) is 0 Å². The summed E-state index contributed by atoms with van der Waals surface area (Å²) in [4.78, 5) is 0. The highest BCUT2D eigenvalue weighted by Gasteiger charge is 2.20. The average Bonchev–Trinajstić information content (AvgIpc) is 2.71. The van der Waals surface area contributed by atoms with Gasteiger partial charge in [0.25, 0.3) is 0 Å². The Morgan fingerprint density at radius 1 is 1.30 bits per heavy atom. The zero-order valence-electron chi connectivity index (χ0n) is 6.31. The molecule has 2 heteroatoms. The lowest BCUT2D eigenvalue weighted by Crippen LogP contribution is -1.98. The minimum Gasteiger partial charge on any atom is -0.381 e. The first-order chi connectivity index (χ1) is 4.93. The number of hydrogen-bond acceptors (Lipinski definition) is 1. The van der Waals surface area contributed by atoms with Gasteiger partial charge in [0.15, 0.2) is 0 Å². The summed E-state index contributed by atoms with van der Waals surface area (Å²) >= 11 is 3.39. The van der Waals surface area contributed by atoms with E-state index in [0.717, 1.165) is 24.5 Å². The molecule has 0 spiro atoms. The molecule has 0 amide bonds. The van der Waals surface area contributed by atoms with E-state index in [2.05, 4.69) is 15.9 Å². The van der Waals surface area contributed by atoms with Crippen molar-refractivity contribution in [2.24, 2.45) is 5.92 Å². The fraction of sp³-hybridized carbons (Fsp3) is 1.00. The van der Waals surface area contributed by atoms with Crippen molar-refractivity contribution in [3.63, 3.8) is 0 Å². The Balaban J connectivity index is 1.68. The SMILES string of the molecule is BrCCCCOCC1CC1. The summed E-state index contributed by atoms with van der Waals surface area (Å²) in [6.07, 6.45) is 5.25. The maximum Gasteiger partial charge on any atom is 0.0494 e. The molecule has 0 atom stereocenters. The van der Waals surface area contributed by atoms with Crippen LogP contribution in [0.5, 0.6) is 0 Å². The summed E-state index contributed by atoms with van der Waals surface area (Å²) in [6, 6.07) is 0. The molecule has 0 unspecified atom stereocenters. The number of halogens is 1. The number of rotatable bonds is 6. The van der Waals surface area contributed by atoms with Gasteiger partial charge in [-0.2, -0.15) is 0 Å². The van der Waals surface area contributed by atoms with Crippen molar-refractivity contribution >= 4 is 15.9 Å². The van der Waals surface area contributed by atoms with E-state index in [1.165, 1.54) is 25.7 Å². The summed E-state index contributed by atoms with van der Waals surface area (Å²) in [5.74, 6) is 0.920. The predicted octanol–water partition coefficient (Wildman–Crippen LogP) is 2.59. The van der Waals surface area contributed by atoms with Gasteiger partial charge in [0.2, 0.25) is 0 Å². The molecule has 0 aromatic heterocycles. The van der Waals surface area contributed by atoms with Gasteiger partial charge in [-0.3, -0.25) is 0 Å². The lowest BCUT2D eigenvalue weighted by atomic mass is 10.4. The van der Waals surface area contributed by atoms with E-state index < -0.39 is 0 Å². The molecule has 0 radical (unpaired) electrons. The standard InChI is InChI=1S/C8H15BrO/c9-5-1-2-6-10-7-8-3-4-8/h8H,1-7H2. The van der Waals surface area contributed by atoms with E-state index in [1.807, 2.05) is 0 Å². The van der Waals surface area contributed by atoms with Crippen LogP contribution in [-0.2, 0) is 4.74 Å². The molecule has 0 N–H and O–H groups in total. The molecule has 1 rings (SSSR count). The van der Waals surface area contributed by atoms with Crippen LogP contribution in [0.3, 0.4) is 0 Å². The maximum atomic E-state index is 5.44. The van der Waals surface area contributed by atoms with Gasteiger partial charge in [-0.05, 0) is 31.6 Å². The van der Waals surface area contributed by atoms with Crippen molar-refractivity contribution in [3.8, 4) is 0 Å². The minimum absolute atomic E-state index is 0.920. The van der Waals surface area contributed by atoms with Crippen molar-refractivity contribution in [2.45, 2.75) is 25.7 Å². The Morgan fingerprint density at radius 2 is 2.10 bits per heavy atom. The Hall–Kier alpha value is 0.440. The van der Waals surface area contributed by atoms with E-state index in [4.69, 9.17) is 4.74 Å². The molecule has 60 valence electrons. The lowest BCUT2D eigenvalue weighted by Gasteiger charge is -2.00. The summed E-state index contributed by atoms with van der Waals surface area (Å²) in [5.41, 5.74) is 0. The molecule has 1 saturated carbocycles. The average molecular weight is 207 g/mol. The van der Waals surface area contributed by atoms with Crippen molar-refractivity contribution in [3.05, 3.63) is 0 Å². The van der Waals surface area contributed by atoms with Crippen LogP contribution in [-0.4, -0.2) is 18.5 Å². The summed E-state index contributed by atoms with van der Waals surface area (Å²) < 4.78 is 5.44. The molecule has 1 fully saturated rings. The number of hydrogen-bond donors (Lipinski definition) is 0. The van der Waals surface area contributed by atoms with E-state index in [1.54, 1.807) is 0 Å². The van der Waals surface area contributed by atoms with E-state index in [-0.39, 0.29) is 0 Å². The first-order valence-electron chi connectivity index (χ1n) is 4.07. The van der Waals surface area contributed by atoms with Crippen LogP contribution < -0.4 is 0 Å². The smallest absolute Gasteiger partial charge is 0.0494 e. The molecule has 0 saturated heterocycles. The van der Waals surface area contributed by atoms with Gasteiger partial charge in [-0.1, -0.05) is 15.9 Å². The van der Waals surface area contributed by atoms with Crippen molar-refractivity contribution in [1.82, 2.24) is 0 Å². The van der Waals surface area contributed by atoms with Gasteiger partial charge in [0.05, 0.1) is 0 Å². The first kappa shape index (κ1) is 8.54. The largest absolute Gasteiger partial charge is 0.381 e. The fourth-order valence-electron chi connectivity index (χ4n) is 0.833. The molecule has 0 aliphatic heterocycles. The second-order valence-corrected chi connectivity index (χ2v) is 3.71. The van der Waals surface area contributed by atoms with Crippen LogP contribution in [0.4, 0.5) is 0 Å². The van der Waals surface area contributed by atoms with Crippen LogP contribution in [0.15, 0.2) is 0 Å². The third-order valence-electron chi connectivity index (χ3n) is 1.72. The van der Waals surface area contributed by atoms with Crippen molar-refractivity contribution < 1.29 is 4.74 Å². The first-order valence-corrected chi connectivity index (χ1v) is 5.19. The molecule has 1 nitrogen and oxygen atoms in total.